The Bertz CT molecular complexity index is 1190. The van der Waals surface area contributed by atoms with Gasteiger partial charge in [0.15, 0.2) is 0 Å². The lowest BCUT2D eigenvalue weighted by Gasteiger charge is -2.45. The SMILES string of the molecule is C#CCOCCOCCO[C@]1(C(=O)O)C[C@H](O)[C@@H](C)[C@H]([C@H](O)[C@H](O)CNC(=O)c2cccc(Oc3ccccc3)c2)O1. The minimum Gasteiger partial charge on any atom is -0.477 e. The number of hydrogen-bond acceptors (Lipinski definition) is 10. The smallest absolute Gasteiger partial charge is 0.364 e. The highest BCUT2D eigenvalue weighted by atomic mass is 16.7. The fraction of sp³-hybridized carbons (Fsp3) is 0.467. The van der Waals surface area contributed by atoms with Crippen molar-refractivity contribution in [1.82, 2.24) is 5.32 Å². The Balaban J connectivity index is 1.56. The number of aliphatic hydroxyl groups excluding tert-OH is 3. The summed E-state index contributed by atoms with van der Waals surface area (Å²) in [5.74, 6) is -1.76. The molecule has 0 unspecified atom stereocenters. The molecule has 0 radical (unpaired) electrons. The van der Waals surface area contributed by atoms with Crippen molar-refractivity contribution < 1.29 is 53.7 Å². The van der Waals surface area contributed by atoms with Crippen LogP contribution in [0.1, 0.15) is 23.7 Å². The summed E-state index contributed by atoms with van der Waals surface area (Å²) < 4.78 is 27.3. The van der Waals surface area contributed by atoms with E-state index in [2.05, 4.69) is 11.2 Å². The first-order valence-electron chi connectivity index (χ1n) is 13.5. The van der Waals surface area contributed by atoms with E-state index in [0.717, 1.165) is 0 Å². The van der Waals surface area contributed by atoms with Crippen LogP contribution >= 0.6 is 0 Å². The predicted molar refractivity (Wildman–Crippen MR) is 149 cm³/mol. The van der Waals surface area contributed by atoms with Gasteiger partial charge in [0.1, 0.15) is 24.2 Å². The van der Waals surface area contributed by atoms with Gasteiger partial charge in [-0.05, 0) is 30.3 Å². The maximum Gasteiger partial charge on any atom is 0.364 e. The highest BCUT2D eigenvalue weighted by Crippen LogP contribution is 2.36. The quantitative estimate of drug-likeness (QED) is 0.141. The van der Waals surface area contributed by atoms with Gasteiger partial charge >= 0.3 is 5.97 Å². The van der Waals surface area contributed by atoms with Crippen molar-refractivity contribution in [3.63, 3.8) is 0 Å². The highest BCUT2D eigenvalue weighted by Gasteiger charge is 2.54. The number of ether oxygens (including phenoxy) is 5. The van der Waals surface area contributed by atoms with Gasteiger partial charge in [-0.1, -0.05) is 37.1 Å². The Hall–Kier alpha value is -3.54. The van der Waals surface area contributed by atoms with E-state index < -0.39 is 54.4 Å². The summed E-state index contributed by atoms with van der Waals surface area (Å²) in [5, 5.41) is 44.6. The lowest BCUT2D eigenvalue weighted by Crippen LogP contribution is -2.61. The molecule has 3 rings (SSSR count). The normalized spacial score (nSPS) is 23.4. The van der Waals surface area contributed by atoms with Gasteiger partial charge in [0, 0.05) is 24.4 Å². The van der Waals surface area contributed by atoms with Gasteiger partial charge in [-0.2, -0.15) is 0 Å². The second kappa shape index (κ2) is 16.2. The summed E-state index contributed by atoms with van der Waals surface area (Å²) in [6.45, 7) is 1.56. The van der Waals surface area contributed by atoms with Gasteiger partial charge in [-0.15, -0.1) is 6.42 Å². The van der Waals surface area contributed by atoms with E-state index in [0.29, 0.717) is 11.5 Å². The van der Waals surface area contributed by atoms with E-state index in [1.165, 1.54) is 6.07 Å². The molecule has 228 valence electrons. The molecule has 1 aliphatic heterocycles. The minimum atomic E-state index is -2.29. The van der Waals surface area contributed by atoms with E-state index in [1.807, 2.05) is 18.2 Å². The van der Waals surface area contributed by atoms with Crippen molar-refractivity contribution in [3.05, 3.63) is 60.2 Å². The number of carbonyl (C=O) groups excluding carboxylic acids is 1. The molecule has 1 aliphatic rings. The molecule has 6 atom stereocenters. The standard InChI is InChI=1S/C30H37NO11/c1-3-12-38-13-14-39-15-16-40-30(29(36)37)18-24(32)20(2)27(42-30)26(34)25(33)19-31-28(35)21-8-7-11-23(17-21)41-22-9-5-4-6-10-22/h1,4-11,17,20,24-27,32-34H,12-16,18-19H2,2H3,(H,31,35)(H,36,37)/t20-,24+,25-,26-,27-,30-/m1/s1. The van der Waals surface area contributed by atoms with Crippen LogP contribution in [0.2, 0.25) is 0 Å². The number of amides is 1. The third kappa shape index (κ3) is 9.23. The zero-order valence-electron chi connectivity index (χ0n) is 23.3. The first-order valence-corrected chi connectivity index (χ1v) is 13.5. The van der Waals surface area contributed by atoms with Crippen molar-refractivity contribution in [2.24, 2.45) is 5.92 Å². The third-order valence-corrected chi connectivity index (χ3v) is 6.65. The van der Waals surface area contributed by atoms with Crippen LogP contribution in [0.5, 0.6) is 11.5 Å². The van der Waals surface area contributed by atoms with E-state index >= 15 is 0 Å². The molecular formula is C30H37NO11. The molecule has 1 saturated heterocycles. The summed E-state index contributed by atoms with van der Waals surface area (Å²) in [4.78, 5) is 24.9. The molecule has 12 heteroatoms. The van der Waals surface area contributed by atoms with E-state index in [1.54, 1.807) is 37.3 Å². The van der Waals surface area contributed by atoms with Gasteiger partial charge in [0.25, 0.3) is 11.7 Å². The number of hydrogen-bond donors (Lipinski definition) is 5. The first-order chi connectivity index (χ1) is 20.2. The summed E-state index contributed by atoms with van der Waals surface area (Å²) in [5.41, 5.74) is 0.256. The second-order valence-corrected chi connectivity index (χ2v) is 9.70. The van der Waals surface area contributed by atoms with Crippen LogP contribution in [0.4, 0.5) is 0 Å². The third-order valence-electron chi connectivity index (χ3n) is 6.65. The summed E-state index contributed by atoms with van der Waals surface area (Å²) in [6.07, 6.45) is -1.13. The number of para-hydroxylation sites is 1. The van der Waals surface area contributed by atoms with Crippen molar-refractivity contribution >= 4 is 11.9 Å². The minimum absolute atomic E-state index is 0.00289. The lowest BCUT2D eigenvalue weighted by atomic mass is 9.84. The Morgan fingerprint density at radius 3 is 2.48 bits per heavy atom. The molecule has 2 aromatic carbocycles. The van der Waals surface area contributed by atoms with Gasteiger partial charge in [-0.25, -0.2) is 4.79 Å². The average molecular weight is 588 g/mol. The van der Waals surface area contributed by atoms with Crippen LogP contribution in [0.15, 0.2) is 54.6 Å². The molecule has 0 bridgehead atoms. The molecule has 0 aliphatic carbocycles. The lowest BCUT2D eigenvalue weighted by molar-refractivity contribution is -0.318. The zero-order valence-corrected chi connectivity index (χ0v) is 23.3. The van der Waals surface area contributed by atoms with Crippen molar-refractivity contribution in [1.29, 1.82) is 0 Å². The Kier molecular flexibility index (Phi) is 12.7. The molecule has 1 heterocycles. The topological polar surface area (TPSA) is 173 Å². The molecule has 1 amide bonds. The predicted octanol–water partition coefficient (Wildman–Crippen LogP) is 1.18. The molecule has 12 nitrogen and oxygen atoms in total. The number of carbonyl (C=O) groups is 2. The Morgan fingerprint density at radius 1 is 1.07 bits per heavy atom. The first kappa shape index (κ1) is 33.0. The molecule has 0 saturated carbocycles. The van der Waals surface area contributed by atoms with E-state index in [-0.39, 0.29) is 45.1 Å². The van der Waals surface area contributed by atoms with Crippen LogP contribution < -0.4 is 10.1 Å². The largest absolute Gasteiger partial charge is 0.477 e. The molecule has 0 spiro atoms. The van der Waals surface area contributed by atoms with Gasteiger partial charge in [0.2, 0.25) is 0 Å². The number of carboxylic acid groups (broad SMARTS) is 1. The molecular weight excluding hydrogens is 550 g/mol. The molecule has 42 heavy (non-hydrogen) atoms. The molecule has 2 aromatic rings. The van der Waals surface area contributed by atoms with Crippen LogP contribution in [0, 0.1) is 18.3 Å². The van der Waals surface area contributed by atoms with E-state index in [9.17, 15) is 30.0 Å². The maximum absolute atomic E-state index is 12.7. The number of aliphatic carboxylic acids is 1. The summed E-state index contributed by atoms with van der Waals surface area (Å²) in [7, 11) is 0. The Morgan fingerprint density at radius 2 is 1.76 bits per heavy atom. The fourth-order valence-electron chi connectivity index (χ4n) is 4.31. The zero-order chi connectivity index (χ0) is 30.5. The Labute approximate surface area is 244 Å². The van der Waals surface area contributed by atoms with Crippen molar-refractivity contribution in [3.8, 4) is 23.8 Å². The summed E-state index contributed by atoms with van der Waals surface area (Å²) >= 11 is 0. The number of aliphatic hydroxyl groups is 3. The van der Waals surface area contributed by atoms with Gasteiger partial charge in [-0.3, -0.25) is 4.79 Å². The van der Waals surface area contributed by atoms with Crippen molar-refractivity contribution in [2.45, 2.75) is 43.5 Å². The monoisotopic (exact) mass is 587 g/mol. The molecule has 5 N–H and O–H groups in total. The van der Waals surface area contributed by atoms with E-state index in [4.69, 9.17) is 30.1 Å². The average Bonchev–Trinajstić information content (AvgIpc) is 2.99. The summed E-state index contributed by atoms with van der Waals surface area (Å²) in [6, 6.07) is 15.4. The fourth-order valence-corrected chi connectivity index (χ4v) is 4.31. The molecule has 0 aromatic heterocycles. The highest BCUT2D eigenvalue weighted by molar-refractivity contribution is 5.94. The number of nitrogens with one attached hydrogen (secondary N) is 1. The number of carboxylic acids is 1. The van der Waals surface area contributed by atoms with Crippen LogP contribution in [-0.2, 0) is 23.7 Å². The molecule has 1 fully saturated rings. The van der Waals surface area contributed by atoms with Crippen molar-refractivity contribution in [2.75, 3.05) is 39.6 Å². The maximum atomic E-state index is 12.7. The number of terminal acetylenes is 1. The van der Waals surface area contributed by atoms with Crippen LogP contribution in [-0.4, -0.2) is 102 Å². The van der Waals surface area contributed by atoms with Crippen LogP contribution in [0.3, 0.4) is 0 Å². The van der Waals surface area contributed by atoms with Crippen LogP contribution in [0.25, 0.3) is 0 Å². The second-order valence-electron chi connectivity index (χ2n) is 9.70. The van der Waals surface area contributed by atoms with Gasteiger partial charge in [0.05, 0.1) is 44.7 Å². The number of benzene rings is 2. The van der Waals surface area contributed by atoms with Gasteiger partial charge < -0.3 is 49.4 Å². The number of rotatable bonds is 16.